The molecule has 2 aromatic heterocycles. The maximum atomic E-state index is 5.60. The Hall–Kier alpha value is -1.99. The minimum atomic E-state index is -0.0615. The van der Waals surface area contributed by atoms with Crippen LogP contribution in [-0.2, 0) is 13.5 Å². The molecule has 7 heteroatoms. The van der Waals surface area contributed by atoms with E-state index in [1.54, 1.807) is 19.4 Å². The molecule has 1 unspecified atom stereocenters. The van der Waals surface area contributed by atoms with Crippen LogP contribution in [0, 0.1) is 0 Å². The number of rotatable bonds is 6. The minimum absolute atomic E-state index is 0.0615. The van der Waals surface area contributed by atoms with Crippen LogP contribution in [0.2, 0.25) is 0 Å². The smallest absolute Gasteiger partial charge is 0.216 e. The number of aromatic nitrogens is 4. The highest BCUT2D eigenvalue weighted by atomic mass is 16.5. The first-order valence-electron chi connectivity index (χ1n) is 6.03. The number of hydrogen-bond acceptors (Lipinski definition) is 6. The highest BCUT2D eigenvalue weighted by Crippen LogP contribution is 2.18. The summed E-state index contributed by atoms with van der Waals surface area (Å²) in [6.07, 6.45) is 6.79. The van der Waals surface area contributed by atoms with Crippen LogP contribution in [0.1, 0.15) is 24.0 Å². The van der Waals surface area contributed by atoms with Crippen LogP contribution in [0.25, 0.3) is 0 Å². The van der Waals surface area contributed by atoms with Crippen LogP contribution >= 0.6 is 0 Å². The van der Waals surface area contributed by atoms with Crippen LogP contribution < -0.4 is 16.0 Å². The fourth-order valence-electron chi connectivity index (χ4n) is 1.88. The zero-order chi connectivity index (χ0) is 13.7. The van der Waals surface area contributed by atoms with E-state index in [1.807, 2.05) is 17.8 Å². The van der Waals surface area contributed by atoms with Crippen molar-refractivity contribution < 1.29 is 4.74 Å². The summed E-state index contributed by atoms with van der Waals surface area (Å²) in [6, 6.07) is 1.72. The van der Waals surface area contributed by atoms with E-state index in [2.05, 4.69) is 20.4 Å². The maximum Gasteiger partial charge on any atom is 0.216 e. The lowest BCUT2D eigenvalue weighted by molar-refractivity contribution is 0.393. The van der Waals surface area contributed by atoms with E-state index < -0.39 is 0 Å². The number of imidazole rings is 1. The molecular formula is C12H18N6O. The lowest BCUT2D eigenvalue weighted by Gasteiger charge is -2.15. The molecule has 0 fully saturated rings. The van der Waals surface area contributed by atoms with E-state index in [1.165, 1.54) is 6.33 Å². The fourth-order valence-corrected chi connectivity index (χ4v) is 1.88. The summed E-state index contributed by atoms with van der Waals surface area (Å²) in [7, 11) is 3.55. The normalized spacial score (nSPS) is 12.4. The van der Waals surface area contributed by atoms with Gasteiger partial charge in [0.2, 0.25) is 5.88 Å². The molecule has 19 heavy (non-hydrogen) atoms. The summed E-state index contributed by atoms with van der Waals surface area (Å²) >= 11 is 0. The molecule has 2 rings (SSSR count). The Morgan fingerprint density at radius 3 is 2.89 bits per heavy atom. The first-order valence-corrected chi connectivity index (χ1v) is 6.03. The lowest BCUT2D eigenvalue weighted by Crippen LogP contribution is -2.29. The molecule has 0 radical (unpaired) electrons. The average molecular weight is 262 g/mol. The van der Waals surface area contributed by atoms with Gasteiger partial charge in [0.05, 0.1) is 18.8 Å². The molecule has 7 nitrogen and oxygen atoms in total. The molecule has 2 heterocycles. The molecule has 2 aromatic rings. The van der Waals surface area contributed by atoms with Crippen LogP contribution in [-0.4, -0.2) is 26.6 Å². The summed E-state index contributed by atoms with van der Waals surface area (Å²) in [6.45, 7) is 0. The number of nitrogens with one attached hydrogen (secondary N) is 1. The Balaban J connectivity index is 2.05. The van der Waals surface area contributed by atoms with Gasteiger partial charge < -0.3 is 9.30 Å². The highest BCUT2D eigenvalue weighted by Gasteiger charge is 2.13. The Kier molecular flexibility index (Phi) is 4.43. The van der Waals surface area contributed by atoms with E-state index in [0.717, 1.165) is 24.4 Å². The van der Waals surface area contributed by atoms with Gasteiger partial charge in [-0.15, -0.1) is 0 Å². The molecule has 1 atom stereocenters. The van der Waals surface area contributed by atoms with Crippen molar-refractivity contribution >= 4 is 0 Å². The monoisotopic (exact) mass is 262 g/mol. The maximum absolute atomic E-state index is 5.60. The predicted octanol–water partition coefficient (Wildman–Crippen LogP) is 0.356. The Morgan fingerprint density at radius 1 is 1.42 bits per heavy atom. The Labute approximate surface area is 111 Å². The molecule has 0 saturated heterocycles. The van der Waals surface area contributed by atoms with Crippen molar-refractivity contribution in [2.24, 2.45) is 12.9 Å². The third kappa shape index (κ3) is 3.27. The van der Waals surface area contributed by atoms with Crippen molar-refractivity contribution in [2.75, 3.05) is 7.11 Å². The quantitative estimate of drug-likeness (QED) is 0.577. The van der Waals surface area contributed by atoms with Crippen molar-refractivity contribution in [3.05, 3.63) is 36.3 Å². The summed E-state index contributed by atoms with van der Waals surface area (Å²) in [5.41, 5.74) is 3.58. The second kappa shape index (κ2) is 6.26. The molecule has 0 aliphatic carbocycles. The van der Waals surface area contributed by atoms with Crippen LogP contribution in [0.4, 0.5) is 0 Å². The van der Waals surface area contributed by atoms with Crippen molar-refractivity contribution in [2.45, 2.75) is 18.9 Å². The van der Waals surface area contributed by atoms with Crippen LogP contribution in [0.5, 0.6) is 5.88 Å². The van der Waals surface area contributed by atoms with Gasteiger partial charge >= 0.3 is 0 Å². The largest absolute Gasteiger partial charge is 0.481 e. The second-order valence-corrected chi connectivity index (χ2v) is 4.20. The van der Waals surface area contributed by atoms with E-state index in [9.17, 15) is 0 Å². The van der Waals surface area contributed by atoms with Gasteiger partial charge in [-0.2, -0.15) is 0 Å². The van der Waals surface area contributed by atoms with E-state index in [-0.39, 0.29) is 6.04 Å². The van der Waals surface area contributed by atoms with Crippen LogP contribution in [0.3, 0.4) is 0 Å². The summed E-state index contributed by atoms with van der Waals surface area (Å²) in [5.74, 6) is 7.14. The average Bonchev–Trinajstić information content (AvgIpc) is 2.85. The molecule has 0 aliphatic heterocycles. The molecule has 3 N–H and O–H groups in total. The second-order valence-electron chi connectivity index (χ2n) is 4.20. The first kappa shape index (κ1) is 13.4. The zero-order valence-corrected chi connectivity index (χ0v) is 11.1. The molecule has 102 valence electrons. The van der Waals surface area contributed by atoms with E-state index in [4.69, 9.17) is 10.6 Å². The van der Waals surface area contributed by atoms with E-state index in [0.29, 0.717) is 5.88 Å². The minimum Gasteiger partial charge on any atom is -0.481 e. The SMILES string of the molecule is COc1cc(C(CCc2nccn2C)NN)ncn1. The van der Waals surface area contributed by atoms with Gasteiger partial charge in [0, 0.05) is 31.9 Å². The van der Waals surface area contributed by atoms with Crippen molar-refractivity contribution in [3.8, 4) is 5.88 Å². The molecule has 0 spiro atoms. The summed E-state index contributed by atoms with van der Waals surface area (Å²) in [5, 5.41) is 0. The first-order chi connectivity index (χ1) is 9.24. The van der Waals surface area contributed by atoms with Crippen molar-refractivity contribution in [1.29, 1.82) is 0 Å². The molecule has 0 bridgehead atoms. The number of ether oxygens (including phenoxy) is 1. The molecule has 0 aromatic carbocycles. The number of nitrogens with zero attached hydrogens (tertiary/aromatic N) is 4. The van der Waals surface area contributed by atoms with Gasteiger partial charge in [-0.25, -0.2) is 15.0 Å². The van der Waals surface area contributed by atoms with Gasteiger partial charge in [0.15, 0.2) is 0 Å². The number of hydrogen-bond donors (Lipinski definition) is 2. The number of hydrazine groups is 1. The molecule has 0 saturated carbocycles. The summed E-state index contributed by atoms with van der Waals surface area (Å²) in [4.78, 5) is 12.5. The highest BCUT2D eigenvalue weighted by molar-refractivity contribution is 5.16. The molecular weight excluding hydrogens is 244 g/mol. The number of methoxy groups -OCH3 is 1. The standard InChI is InChI=1S/C12H18N6O/c1-18-6-5-14-11(18)4-3-9(17-13)10-7-12(19-2)16-8-15-10/h5-9,17H,3-4,13H2,1-2H3. The van der Waals surface area contributed by atoms with Crippen LogP contribution in [0.15, 0.2) is 24.8 Å². The Morgan fingerprint density at radius 2 is 2.26 bits per heavy atom. The number of aryl methyl sites for hydroxylation is 2. The van der Waals surface area contributed by atoms with Gasteiger partial charge in [-0.05, 0) is 6.42 Å². The number of nitrogens with two attached hydrogens (primary N) is 1. The Bertz CT molecular complexity index is 526. The van der Waals surface area contributed by atoms with E-state index >= 15 is 0 Å². The van der Waals surface area contributed by atoms with Crippen molar-refractivity contribution in [1.82, 2.24) is 24.9 Å². The molecule has 0 aliphatic rings. The third-order valence-corrected chi connectivity index (χ3v) is 3.01. The zero-order valence-electron chi connectivity index (χ0n) is 11.1. The van der Waals surface area contributed by atoms with Gasteiger partial charge in [-0.3, -0.25) is 11.3 Å². The molecule has 0 amide bonds. The van der Waals surface area contributed by atoms with Gasteiger partial charge in [-0.1, -0.05) is 0 Å². The predicted molar refractivity (Wildman–Crippen MR) is 70.2 cm³/mol. The van der Waals surface area contributed by atoms with Gasteiger partial charge in [0.25, 0.3) is 0 Å². The van der Waals surface area contributed by atoms with Crippen molar-refractivity contribution in [3.63, 3.8) is 0 Å². The third-order valence-electron chi connectivity index (χ3n) is 3.01. The lowest BCUT2D eigenvalue weighted by atomic mass is 10.1. The fraction of sp³-hybridized carbons (Fsp3) is 0.417. The van der Waals surface area contributed by atoms with Gasteiger partial charge in [0.1, 0.15) is 12.2 Å². The topological polar surface area (TPSA) is 90.9 Å². The summed E-state index contributed by atoms with van der Waals surface area (Å²) < 4.78 is 7.08.